The van der Waals surface area contributed by atoms with E-state index in [-0.39, 0.29) is 0 Å². The highest BCUT2D eigenvalue weighted by Gasteiger charge is 2.21. The van der Waals surface area contributed by atoms with Gasteiger partial charge in [-0.15, -0.1) is 11.3 Å². The molecule has 0 bridgehead atoms. The Bertz CT molecular complexity index is 358. The van der Waals surface area contributed by atoms with Crippen LogP contribution in [0.15, 0.2) is 11.4 Å². The predicted octanol–water partition coefficient (Wildman–Crippen LogP) is 1.82. The molecule has 1 aliphatic heterocycles. The Hall–Kier alpha value is -0.870. The smallest absolute Gasteiger partial charge is 0.0920 e. The quantitative estimate of drug-likeness (QED) is 0.606. The Kier molecular flexibility index (Phi) is 3.07. The van der Waals surface area contributed by atoms with Crippen molar-refractivity contribution < 1.29 is 0 Å². The summed E-state index contributed by atoms with van der Waals surface area (Å²) in [6.07, 6.45) is 1.83. The molecular formula is C11H17N3S. The van der Waals surface area contributed by atoms with Crippen LogP contribution in [0.2, 0.25) is 0 Å². The lowest BCUT2D eigenvalue weighted by Gasteiger charge is -2.32. The van der Waals surface area contributed by atoms with E-state index >= 15 is 0 Å². The topological polar surface area (TPSA) is 53.1 Å². The first-order valence-electron chi connectivity index (χ1n) is 5.29. The largest absolute Gasteiger partial charge is 0.388 e. The summed E-state index contributed by atoms with van der Waals surface area (Å²) in [5, 5.41) is 9.48. The SMILES string of the molecule is CC(CC(=N)N)N1CCc2sccc2C1. The summed E-state index contributed by atoms with van der Waals surface area (Å²) in [6.45, 7) is 4.27. The zero-order valence-electron chi connectivity index (χ0n) is 8.99. The second-order valence-electron chi connectivity index (χ2n) is 4.17. The molecule has 0 radical (unpaired) electrons. The van der Waals surface area contributed by atoms with E-state index in [1.165, 1.54) is 10.4 Å². The standard InChI is InChI=1S/C11H17N3S/c1-8(6-11(12)13)14-4-2-10-9(7-14)3-5-15-10/h3,5,8H,2,4,6-7H2,1H3,(H3,12,13). The van der Waals surface area contributed by atoms with Gasteiger partial charge < -0.3 is 5.73 Å². The molecule has 1 unspecified atom stereocenters. The monoisotopic (exact) mass is 223 g/mol. The minimum atomic E-state index is 0.290. The van der Waals surface area contributed by atoms with Crippen molar-refractivity contribution in [2.24, 2.45) is 5.73 Å². The van der Waals surface area contributed by atoms with E-state index in [1.807, 2.05) is 11.3 Å². The highest BCUT2D eigenvalue weighted by Crippen LogP contribution is 2.25. The molecule has 0 saturated heterocycles. The van der Waals surface area contributed by atoms with Gasteiger partial charge in [0.1, 0.15) is 0 Å². The van der Waals surface area contributed by atoms with Crippen LogP contribution in [-0.4, -0.2) is 23.3 Å². The number of amidine groups is 1. The lowest BCUT2D eigenvalue weighted by atomic mass is 10.1. The molecule has 1 aromatic heterocycles. The first kappa shape index (κ1) is 10.6. The van der Waals surface area contributed by atoms with E-state index in [9.17, 15) is 0 Å². The van der Waals surface area contributed by atoms with Gasteiger partial charge in [-0.2, -0.15) is 0 Å². The first-order valence-corrected chi connectivity index (χ1v) is 6.17. The molecule has 1 atom stereocenters. The van der Waals surface area contributed by atoms with Gasteiger partial charge in [-0.3, -0.25) is 10.3 Å². The van der Waals surface area contributed by atoms with E-state index in [1.54, 1.807) is 0 Å². The summed E-state index contributed by atoms with van der Waals surface area (Å²) in [6, 6.07) is 2.60. The van der Waals surface area contributed by atoms with Gasteiger partial charge in [0.15, 0.2) is 0 Å². The molecule has 82 valence electrons. The fraction of sp³-hybridized carbons (Fsp3) is 0.545. The number of thiophene rings is 1. The van der Waals surface area contributed by atoms with Gasteiger partial charge >= 0.3 is 0 Å². The van der Waals surface area contributed by atoms with Crippen LogP contribution in [0, 0.1) is 5.41 Å². The van der Waals surface area contributed by atoms with Crippen molar-refractivity contribution in [2.75, 3.05) is 6.54 Å². The second-order valence-corrected chi connectivity index (χ2v) is 5.17. The van der Waals surface area contributed by atoms with E-state index in [0.29, 0.717) is 18.3 Å². The van der Waals surface area contributed by atoms with Crippen molar-refractivity contribution in [3.8, 4) is 0 Å². The van der Waals surface area contributed by atoms with Gasteiger partial charge in [-0.1, -0.05) is 0 Å². The predicted molar refractivity (Wildman–Crippen MR) is 64.4 cm³/mol. The average Bonchev–Trinajstić information content (AvgIpc) is 2.62. The normalized spacial score (nSPS) is 18.5. The molecule has 0 spiro atoms. The molecule has 0 amide bonds. The summed E-state index contributed by atoms with van der Waals surface area (Å²) in [7, 11) is 0. The molecule has 4 heteroatoms. The zero-order valence-corrected chi connectivity index (χ0v) is 9.81. The van der Waals surface area contributed by atoms with Gasteiger partial charge in [0, 0.05) is 30.4 Å². The zero-order chi connectivity index (χ0) is 10.8. The first-order chi connectivity index (χ1) is 7.16. The van der Waals surface area contributed by atoms with Crippen LogP contribution in [0.3, 0.4) is 0 Å². The van der Waals surface area contributed by atoms with Crippen LogP contribution in [0.5, 0.6) is 0 Å². The van der Waals surface area contributed by atoms with E-state index in [2.05, 4.69) is 23.3 Å². The van der Waals surface area contributed by atoms with E-state index < -0.39 is 0 Å². The maximum atomic E-state index is 7.31. The number of hydrogen-bond donors (Lipinski definition) is 2. The van der Waals surface area contributed by atoms with Crippen molar-refractivity contribution >= 4 is 17.2 Å². The highest BCUT2D eigenvalue weighted by molar-refractivity contribution is 7.10. The van der Waals surface area contributed by atoms with Crippen molar-refractivity contribution in [2.45, 2.75) is 32.4 Å². The van der Waals surface area contributed by atoms with Crippen LogP contribution in [0.25, 0.3) is 0 Å². The number of hydrogen-bond acceptors (Lipinski definition) is 3. The Labute approximate surface area is 94.4 Å². The van der Waals surface area contributed by atoms with Crippen LogP contribution in [0.4, 0.5) is 0 Å². The van der Waals surface area contributed by atoms with Crippen molar-refractivity contribution in [1.82, 2.24) is 4.90 Å². The molecule has 1 aliphatic rings. The summed E-state index contributed by atoms with van der Waals surface area (Å²) < 4.78 is 0. The number of nitrogens with zero attached hydrogens (tertiary/aromatic N) is 1. The maximum Gasteiger partial charge on any atom is 0.0920 e. The average molecular weight is 223 g/mol. The lowest BCUT2D eigenvalue weighted by molar-refractivity contribution is 0.196. The highest BCUT2D eigenvalue weighted by atomic mass is 32.1. The molecule has 0 aromatic carbocycles. The Morgan fingerprint density at radius 3 is 3.27 bits per heavy atom. The van der Waals surface area contributed by atoms with Crippen LogP contribution >= 0.6 is 11.3 Å². The number of fused-ring (bicyclic) bond motifs is 1. The Morgan fingerprint density at radius 1 is 1.73 bits per heavy atom. The molecule has 0 saturated carbocycles. The number of rotatable bonds is 3. The van der Waals surface area contributed by atoms with Crippen LogP contribution < -0.4 is 5.73 Å². The summed E-state index contributed by atoms with van der Waals surface area (Å²) in [4.78, 5) is 3.94. The van der Waals surface area contributed by atoms with Gasteiger partial charge in [0.25, 0.3) is 0 Å². The fourth-order valence-electron chi connectivity index (χ4n) is 2.09. The molecular weight excluding hydrogens is 206 g/mol. The fourth-order valence-corrected chi connectivity index (χ4v) is 2.98. The second kappa shape index (κ2) is 4.33. The third kappa shape index (κ3) is 2.38. The Balaban J connectivity index is 2.00. The molecule has 2 rings (SSSR count). The molecule has 1 aromatic rings. The summed E-state index contributed by atoms with van der Waals surface area (Å²) in [5.74, 6) is 0.290. The van der Waals surface area contributed by atoms with Gasteiger partial charge in [-0.05, 0) is 30.4 Å². The summed E-state index contributed by atoms with van der Waals surface area (Å²) >= 11 is 1.86. The van der Waals surface area contributed by atoms with Gasteiger partial charge in [0.05, 0.1) is 5.84 Å². The Morgan fingerprint density at radius 2 is 2.53 bits per heavy atom. The van der Waals surface area contributed by atoms with E-state index in [0.717, 1.165) is 19.5 Å². The molecule has 0 fully saturated rings. The minimum absolute atomic E-state index is 0.290. The van der Waals surface area contributed by atoms with E-state index in [4.69, 9.17) is 11.1 Å². The number of nitrogens with one attached hydrogen (secondary N) is 1. The number of nitrogens with two attached hydrogens (primary N) is 1. The minimum Gasteiger partial charge on any atom is -0.388 e. The van der Waals surface area contributed by atoms with Crippen molar-refractivity contribution in [3.05, 3.63) is 21.9 Å². The van der Waals surface area contributed by atoms with Gasteiger partial charge in [-0.25, -0.2) is 0 Å². The molecule has 3 N–H and O–H groups in total. The third-order valence-electron chi connectivity index (χ3n) is 2.98. The van der Waals surface area contributed by atoms with Crippen LogP contribution in [0.1, 0.15) is 23.8 Å². The molecule has 3 nitrogen and oxygen atoms in total. The van der Waals surface area contributed by atoms with Gasteiger partial charge in [0.2, 0.25) is 0 Å². The molecule has 2 heterocycles. The van der Waals surface area contributed by atoms with Crippen molar-refractivity contribution in [3.63, 3.8) is 0 Å². The summed E-state index contributed by atoms with van der Waals surface area (Å²) in [5.41, 5.74) is 6.89. The van der Waals surface area contributed by atoms with Crippen LogP contribution in [-0.2, 0) is 13.0 Å². The maximum absolute atomic E-state index is 7.31. The van der Waals surface area contributed by atoms with Crippen molar-refractivity contribution in [1.29, 1.82) is 5.41 Å². The third-order valence-corrected chi connectivity index (χ3v) is 4.00. The molecule has 0 aliphatic carbocycles. The lowest BCUT2D eigenvalue weighted by Crippen LogP contribution is -2.39. The molecule has 15 heavy (non-hydrogen) atoms.